The molecule has 1 aromatic heterocycles. The summed E-state index contributed by atoms with van der Waals surface area (Å²) in [7, 11) is 3.15. The molecule has 3 aromatic rings. The Balaban J connectivity index is 1.32. The van der Waals surface area contributed by atoms with Crippen molar-refractivity contribution >= 4 is 17.7 Å². The van der Waals surface area contributed by atoms with E-state index in [9.17, 15) is 14.9 Å². The van der Waals surface area contributed by atoms with Crippen LogP contribution in [-0.2, 0) is 9.53 Å². The van der Waals surface area contributed by atoms with Crippen molar-refractivity contribution in [2.24, 2.45) is 11.8 Å². The molecule has 2 aliphatic carbocycles. The first kappa shape index (κ1) is 32.1. The summed E-state index contributed by atoms with van der Waals surface area (Å²) < 4.78 is 12.8. The number of ether oxygens (including phenoxy) is 2. The Bertz CT molecular complexity index is 1510. The van der Waals surface area contributed by atoms with Gasteiger partial charge in [-0.15, -0.1) is 0 Å². The SMILES string of the molecule is CNC(=O)O[C@H]1CC[C@H](C(=O)N(C[C@H]2CC[C@H](c3ccc(OC)c(C#N)c3)CC2)c2cccc(-c3cnn(C(C)C)c3)c2)CC1. The largest absolute Gasteiger partial charge is 0.495 e. The van der Waals surface area contributed by atoms with Gasteiger partial charge in [0.05, 0.1) is 18.9 Å². The molecular formula is C36H45N5O4. The number of hydrogen-bond acceptors (Lipinski definition) is 6. The zero-order valence-corrected chi connectivity index (χ0v) is 26.9. The number of amides is 2. The quantitative estimate of drug-likeness (QED) is 0.273. The lowest BCUT2D eigenvalue weighted by atomic mass is 9.78. The number of nitrogens with zero attached hydrogens (tertiary/aromatic N) is 4. The van der Waals surface area contributed by atoms with Crippen LogP contribution in [0.5, 0.6) is 5.75 Å². The second-order valence-electron chi connectivity index (χ2n) is 12.7. The molecule has 1 N–H and O–H groups in total. The maximum absolute atomic E-state index is 14.3. The van der Waals surface area contributed by atoms with Gasteiger partial charge in [0.15, 0.2) is 0 Å². The molecule has 0 aliphatic heterocycles. The van der Waals surface area contributed by atoms with E-state index in [1.807, 2.05) is 40.0 Å². The number of carbonyl (C=O) groups is 2. The van der Waals surface area contributed by atoms with Gasteiger partial charge in [0.2, 0.25) is 5.91 Å². The fourth-order valence-electron chi connectivity index (χ4n) is 6.81. The fourth-order valence-corrected chi connectivity index (χ4v) is 6.81. The van der Waals surface area contributed by atoms with Gasteiger partial charge in [0, 0.05) is 43.0 Å². The molecule has 9 nitrogen and oxygen atoms in total. The third-order valence-electron chi connectivity index (χ3n) is 9.49. The van der Waals surface area contributed by atoms with Crippen molar-refractivity contribution in [1.82, 2.24) is 15.1 Å². The number of anilines is 1. The third-order valence-corrected chi connectivity index (χ3v) is 9.49. The van der Waals surface area contributed by atoms with Crippen LogP contribution in [0.25, 0.3) is 11.1 Å². The van der Waals surface area contributed by atoms with E-state index in [4.69, 9.17) is 9.47 Å². The molecule has 2 aromatic carbocycles. The highest BCUT2D eigenvalue weighted by Gasteiger charge is 2.34. The minimum Gasteiger partial charge on any atom is -0.495 e. The van der Waals surface area contributed by atoms with E-state index in [0.717, 1.165) is 42.5 Å². The van der Waals surface area contributed by atoms with Gasteiger partial charge < -0.3 is 19.7 Å². The van der Waals surface area contributed by atoms with Gasteiger partial charge in [-0.1, -0.05) is 18.2 Å². The summed E-state index contributed by atoms with van der Waals surface area (Å²) in [5, 5.41) is 16.6. The van der Waals surface area contributed by atoms with E-state index in [-0.39, 0.29) is 24.0 Å². The molecule has 2 amide bonds. The predicted molar refractivity (Wildman–Crippen MR) is 174 cm³/mol. The molecule has 2 aliphatic rings. The lowest BCUT2D eigenvalue weighted by Gasteiger charge is -2.36. The molecule has 0 bridgehead atoms. The number of carbonyl (C=O) groups excluding carboxylic acids is 2. The van der Waals surface area contributed by atoms with Crippen LogP contribution in [-0.4, -0.2) is 48.6 Å². The average molecular weight is 612 g/mol. The summed E-state index contributed by atoms with van der Waals surface area (Å²) >= 11 is 0. The van der Waals surface area contributed by atoms with Crippen LogP contribution in [0.2, 0.25) is 0 Å². The Morgan fingerprint density at radius 3 is 2.44 bits per heavy atom. The molecule has 0 spiro atoms. The van der Waals surface area contributed by atoms with E-state index >= 15 is 0 Å². The molecule has 0 atom stereocenters. The molecule has 0 saturated heterocycles. The minimum absolute atomic E-state index is 0.109. The number of methoxy groups -OCH3 is 1. The molecular weight excluding hydrogens is 566 g/mol. The standard InChI is InChI=1S/C36H45N5O4/c1-24(2)41-23-31(21-39-41)28-6-5-7-32(19-28)40(35(42)27-12-15-33(16-13-27)45-36(43)38-3)22-25-8-10-26(11-9-25)29-14-17-34(44-4)30(18-29)20-37/h5-7,14,17-19,21,23-27,33H,8-13,15-16,22H2,1-4H3,(H,38,43)/t25-,26-,27-,33-. The van der Waals surface area contributed by atoms with Gasteiger partial charge in [-0.25, -0.2) is 4.79 Å². The van der Waals surface area contributed by atoms with Crippen molar-refractivity contribution in [3.8, 4) is 22.9 Å². The Morgan fingerprint density at radius 2 is 1.80 bits per heavy atom. The topological polar surface area (TPSA) is 109 Å². The predicted octanol–water partition coefficient (Wildman–Crippen LogP) is 7.23. The number of nitriles is 1. The Hall–Kier alpha value is -4.32. The van der Waals surface area contributed by atoms with Crippen molar-refractivity contribution in [3.05, 3.63) is 66.0 Å². The lowest BCUT2D eigenvalue weighted by molar-refractivity contribution is -0.124. The average Bonchev–Trinajstić information content (AvgIpc) is 3.58. The first-order valence-electron chi connectivity index (χ1n) is 16.2. The molecule has 2 fully saturated rings. The van der Waals surface area contributed by atoms with Crippen LogP contribution >= 0.6 is 0 Å². The fraction of sp³-hybridized carbons (Fsp3) is 0.500. The molecule has 2 saturated carbocycles. The van der Waals surface area contributed by atoms with E-state index in [1.54, 1.807) is 14.2 Å². The summed E-state index contributed by atoms with van der Waals surface area (Å²) in [4.78, 5) is 28.0. The maximum atomic E-state index is 14.3. The minimum atomic E-state index is -0.418. The first-order valence-corrected chi connectivity index (χ1v) is 16.2. The third kappa shape index (κ3) is 7.67. The van der Waals surface area contributed by atoms with E-state index in [0.29, 0.717) is 55.4 Å². The Morgan fingerprint density at radius 1 is 1.04 bits per heavy atom. The van der Waals surface area contributed by atoms with Crippen molar-refractivity contribution in [3.63, 3.8) is 0 Å². The molecule has 9 heteroatoms. The second kappa shape index (κ2) is 14.6. The number of aromatic nitrogens is 2. The monoisotopic (exact) mass is 611 g/mol. The summed E-state index contributed by atoms with van der Waals surface area (Å²) in [6, 6.07) is 16.7. The van der Waals surface area contributed by atoms with Gasteiger partial charge in [-0.05, 0) is 112 Å². The zero-order valence-electron chi connectivity index (χ0n) is 26.9. The van der Waals surface area contributed by atoms with Gasteiger partial charge in [-0.3, -0.25) is 9.48 Å². The molecule has 0 radical (unpaired) electrons. The van der Waals surface area contributed by atoms with Gasteiger partial charge in [-0.2, -0.15) is 10.4 Å². The van der Waals surface area contributed by atoms with Crippen molar-refractivity contribution in [1.29, 1.82) is 5.26 Å². The van der Waals surface area contributed by atoms with Gasteiger partial charge >= 0.3 is 6.09 Å². The first-order chi connectivity index (χ1) is 21.8. The summed E-state index contributed by atoms with van der Waals surface area (Å²) in [6.45, 7) is 4.88. The van der Waals surface area contributed by atoms with Crippen molar-refractivity contribution in [2.45, 2.75) is 83.3 Å². The molecule has 238 valence electrons. The van der Waals surface area contributed by atoms with Crippen LogP contribution in [0.15, 0.2) is 54.9 Å². The second-order valence-corrected chi connectivity index (χ2v) is 12.7. The van der Waals surface area contributed by atoms with E-state index in [1.165, 1.54) is 5.56 Å². The normalized spacial score (nSPS) is 21.5. The molecule has 1 heterocycles. The summed E-state index contributed by atoms with van der Waals surface area (Å²) in [5.74, 6) is 1.41. The number of nitrogens with one attached hydrogen (secondary N) is 1. The van der Waals surface area contributed by atoms with Gasteiger partial charge in [0.25, 0.3) is 0 Å². The maximum Gasteiger partial charge on any atom is 0.407 e. The number of hydrogen-bond donors (Lipinski definition) is 1. The smallest absolute Gasteiger partial charge is 0.407 e. The van der Waals surface area contributed by atoms with Crippen molar-refractivity contribution in [2.75, 3.05) is 25.6 Å². The lowest BCUT2D eigenvalue weighted by Crippen LogP contribution is -2.42. The Kier molecular flexibility index (Phi) is 10.4. The van der Waals surface area contributed by atoms with Gasteiger partial charge in [0.1, 0.15) is 17.9 Å². The van der Waals surface area contributed by atoms with Crippen LogP contribution in [0.1, 0.15) is 88.3 Å². The van der Waals surface area contributed by atoms with Crippen LogP contribution in [0, 0.1) is 23.2 Å². The summed E-state index contributed by atoms with van der Waals surface area (Å²) in [5.41, 5.74) is 4.74. The van der Waals surface area contributed by atoms with E-state index < -0.39 is 6.09 Å². The summed E-state index contributed by atoms with van der Waals surface area (Å²) in [6.07, 6.45) is 10.2. The van der Waals surface area contributed by atoms with Crippen molar-refractivity contribution < 1.29 is 19.1 Å². The van der Waals surface area contributed by atoms with E-state index in [2.05, 4.69) is 54.7 Å². The molecule has 45 heavy (non-hydrogen) atoms. The number of benzene rings is 2. The van der Waals surface area contributed by atoms with Crippen LogP contribution in [0.3, 0.4) is 0 Å². The van der Waals surface area contributed by atoms with Crippen LogP contribution in [0.4, 0.5) is 10.5 Å². The number of rotatable bonds is 9. The highest BCUT2D eigenvalue weighted by Crippen LogP contribution is 2.39. The highest BCUT2D eigenvalue weighted by atomic mass is 16.6. The Labute approximate surface area is 266 Å². The molecule has 0 unspecified atom stereocenters. The zero-order chi connectivity index (χ0) is 31.9. The van der Waals surface area contributed by atoms with Crippen LogP contribution < -0.4 is 15.0 Å². The molecule has 5 rings (SSSR count). The highest BCUT2D eigenvalue weighted by molar-refractivity contribution is 5.95. The number of alkyl carbamates (subject to hydrolysis) is 1.